The van der Waals surface area contributed by atoms with Gasteiger partial charge in [0.2, 0.25) is 5.95 Å². The Morgan fingerprint density at radius 1 is 1.19 bits per heavy atom. The highest BCUT2D eigenvalue weighted by atomic mass is 16.3. The number of hydrogen-bond donors (Lipinski definition) is 2. The normalized spacial score (nSPS) is 11.9. The van der Waals surface area contributed by atoms with Gasteiger partial charge in [0, 0.05) is 20.6 Å². The van der Waals surface area contributed by atoms with Crippen LogP contribution in [-0.2, 0) is 20.6 Å². The maximum atomic E-state index is 12.6. The number of fused-ring (bicyclic) bond motifs is 1. The van der Waals surface area contributed by atoms with E-state index in [9.17, 15) is 14.7 Å². The molecule has 0 bridgehead atoms. The monoisotopic (exact) mass is 356 g/mol. The molecule has 0 radical (unpaired) electrons. The maximum Gasteiger partial charge on any atom is 0.332 e. The van der Waals surface area contributed by atoms with E-state index < -0.39 is 5.69 Å². The molecule has 0 aliphatic heterocycles. The van der Waals surface area contributed by atoms with Gasteiger partial charge in [-0.2, -0.15) is 10.1 Å². The molecule has 0 atom stereocenters. The zero-order valence-electron chi connectivity index (χ0n) is 15.0. The SMILES string of the molecule is CCn1c(=O)c2c(nc(N/N=C(/C)c3ccc(O)cc3)n2C)n(C)c1=O. The zero-order chi connectivity index (χ0) is 19.0. The Balaban J connectivity index is 2.05. The third kappa shape index (κ3) is 2.77. The number of nitrogens with one attached hydrogen (secondary N) is 1. The highest BCUT2D eigenvalue weighted by Crippen LogP contribution is 2.14. The number of benzene rings is 1. The van der Waals surface area contributed by atoms with Crippen LogP contribution < -0.4 is 16.7 Å². The van der Waals surface area contributed by atoms with Crippen LogP contribution in [0.3, 0.4) is 0 Å². The van der Waals surface area contributed by atoms with E-state index in [1.165, 1.54) is 9.13 Å². The Morgan fingerprint density at radius 2 is 1.85 bits per heavy atom. The predicted molar refractivity (Wildman–Crippen MR) is 99.8 cm³/mol. The second-order valence-corrected chi connectivity index (χ2v) is 5.91. The summed E-state index contributed by atoms with van der Waals surface area (Å²) in [5.74, 6) is 0.525. The van der Waals surface area contributed by atoms with Gasteiger partial charge in [-0.05, 0) is 43.7 Å². The molecule has 0 unspecified atom stereocenters. The Hall–Kier alpha value is -3.36. The second kappa shape index (κ2) is 6.51. The lowest BCUT2D eigenvalue weighted by Crippen LogP contribution is -2.39. The third-order valence-corrected chi connectivity index (χ3v) is 4.28. The van der Waals surface area contributed by atoms with Gasteiger partial charge in [0.1, 0.15) is 5.75 Å². The molecule has 0 aliphatic rings. The van der Waals surface area contributed by atoms with Gasteiger partial charge < -0.3 is 9.67 Å². The lowest BCUT2D eigenvalue weighted by atomic mass is 10.1. The maximum absolute atomic E-state index is 12.6. The van der Waals surface area contributed by atoms with Crippen molar-refractivity contribution in [2.75, 3.05) is 5.43 Å². The summed E-state index contributed by atoms with van der Waals surface area (Å²) in [4.78, 5) is 29.1. The lowest BCUT2D eigenvalue weighted by molar-refractivity contribution is 0.475. The van der Waals surface area contributed by atoms with Crippen molar-refractivity contribution in [1.82, 2.24) is 18.7 Å². The first kappa shape index (κ1) is 17.5. The van der Waals surface area contributed by atoms with Crippen LogP contribution in [0.2, 0.25) is 0 Å². The Morgan fingerprint density at radius 3 is 2.46 bits per heavy atom. The molecule has 136 valence electrons. The number of aromatic hydroxyl groups is 1. The van der Waals surface area contributed by atoms with Crippen LogP contribution in [0.5, 0.6) is 5.75 Å². The first-order valence-electron chi connectivity index (χ1n) is 8.11. The average Bonchev–Trinajstić information content (AvgIpc) is 2.96. The molecule has 26 heavy (non-hydrogen) atoms. The van der Waals surface area contributed by atoms with Crippen LogP contribution >= 0.6 is 0 Å². The van der Waals surface area contributed by atoms with E-state index in [1.54, 1.807) is 49.9 Å². The number of hydrazone groups is 1. The first-order chi connectivity index (χ1) is 12.3. The number of nitrogens with zero attached hydrogens (tertiary/aromatic N) is 5. The summed E-state index contributed by atoms with van der Waals surface area (Å²) in [5.41, 5.74) is 4.19. The van der Waals surface area contributed by atoms with Gasteiger partial charge in [0.25, 0.3) is 5.56 Å². The number of phenolic OH excluding ortho intramolecular Hbond substituents is 1. The summed E-state index contributed by atoms with van der Waals surface area (Å²) >= 11 is 0. The van der Waals surface area contributed by atoms with Crippen LogP contribution in [0.25, 0.3) is 11.2 Å². The summed E-state index contributed by atoms with van der Waals surface area (Å²) < 4.78 is 4.09. The van der Waals surface area contributed by atoms with E-state index in [2.05, 4.69) is 15.5 Å². The summed E-state index contributed by atoms with van der Waals surface area (Å²) in [6.45, 7) is 3.84. The number of aryl methyl sites for hydroxylation is 2. The van der Waals surface area contributed by atoms with E-state index in [0.717, 1.165) is 5.56 Å². The highest BCUT2D eigenvalue weighted by molar-refractivity contribution is 5.99. The third-order valence-electron chi connectivity index (χ3n) is 4.28. The molecule has 9 heteroatoms. The minimum Gasteiger partial charge on any atom is -0.508 e. The molecule has 2 N–H and O–H groups in total. The van der Waals surface area contributed by atoms with Gasteiger partial charge in [-0.1, -0.05) is 0 Å². The zero-order valence-corrected chi connectivity index (χ0v) is 15.0. The quantitative estimate of drug-likeness (QED) is 0.536. The average molecular weight is 356 g/mol. The van der Waals surface area contributed by atoms with Gasteiger partial charge in [-0.15, -0.1) is 0 Å². The van der Waals surface area contributed by atoms with E-state index in [0.29, 0.717) is 22.8 Å². The van der Waals surface area contributed by atoms with Crippen molar-refractivity contribution in [3.05, 3.63) is 50.7 Å². The molecule has 0 saturated heterocycles. The fourth-order valence-corrected chi connectivity index (χ4v) is 2.72. The van der Waals surface area contributed by atoms with Crippen molar-refractivity contribution in [2.24, 2.45) is 19.2 Å². The van der Waals surface area contributed by atoms with Gasteiger partial charge in [-0.3, -0.25) is 13.9 Å². The topological polar surface area (TPSA) is 106 Å². The van der Waals surface area contributed by atoms with Crippen LogP contribution in [0, 0.1) is 0 Å². The Kier molecular flexibility index (Phi) is 4.37. The second-order valence-electron chi connectivity index (χ2n) is 5.91. The van der Waals surface area contributed by atoms with Gasteiger partial charge in [0.15, 0.2) is 11.2 Å². The van der Waals surface area contributed by atoms with Crippen LogP contribution in [0.15, 0.2) is 39.0 Å². The molecule has 3 aromatic rings. The van der Waals surface area contributed by atoms with Crippen molar-refractivity contribution in [3.63, 3.8) is 0 Å². The Bertz CT molecular complexity index is 1120. The standard InChI is InChI=1S/C17H20N6O3/c1-5-23-15(25)13-14(22(4)17(23)26)18-16(21(13)3)20-19-10(2)11-6-8-12(24)9-7-11/h6-9,24H,5H2,1-4H3,(H,18,20)/b19-10-. The van der Waals surface area contributed by atoms with Crippen molar-refractivity contribution < 1.29 is 5.11 Å². The minimum absolute atomic E-state index is 0.179. The van der Waals surface area contributed by atoms with Gasteiger partial charge in [0.05, 0.1) is 5.71 Å². The molecule has 0 amide bonds. The molecule has 0 saturated carbocycles. The van der Waals surface area contributed by atoms with Crippen LogP contribution in [0.4, 0.5) is 5.95 Å². The summed E-state index contributed by atoms with van der Waals surface area (Å²) in [7, 11) is 3.27. The van der Waals surface area contributed by atoms with E-state index in [-0.39, 0.29) is 17.9 Å². The number of rotatable bonds is 4. The predicted octanol–water partition coefficient (Wildman–Crippen LogP) is 0.995. The molecule has 0 fully saturated rings. The first-order valence-corrected chi connectivity index (χ1v) is 8.11. The van der Waals surface area contributed by atoms with Crippen molar-refractivity contribution in [1.29, 1.82) is 0 Å². The smallest absolute Gasteiger partial charge is 0.332 e. The summed E-state index contributed by atoms with van der Waals surface area (Å²) in [6.07, 6.45) is 0. The molecular weight excluding hydrogens is 336 g/mol. The molecule has 0 spiro atoms. The number of hydrogen-bond acceptors (Lipinski definition) is 6. The lowest BCUT2D eigenvalue weighted by Gasteiger charge is -2.06. The van der Waals surface area contributed by atoms with E-state index in [4.69, 9.17) is 0 Å². The van der Waals surface area contributed by atoms with Gasteiger partial charge in [-0.25, -0.2) is 10.2 Å². The Labute approximate surface area is 148 Å². The molecule has 2 aromatic heterocycles. The van der Waals surface area contributed by atoms with Crippen molar-refractivity contribution in [2.45, 2.75) is 20.4 Å². The number of imidazole rings is 1. The summed E-state index contributed by atoms with van der Waals surface area (Å²) in [6, 6.07) is 6.64. The fraction of sp³-hybridized carbons (Fsp3) is 0.294. The molecule has 9 nitrogen and oxygen atoms in total. The van der Waals surface area contributed by atoms with E-state index in [1.807, 2.05) is 6.92 Å². The molecule has 0 aliphatic carbocycles. The number of aromatic nitrogens is 4. The van der Waals surface area contributed by atoms with Crippen molar-refractivity contribution >= 4 is 22.8 Å². The minimum atomic E-state index is -0.404. The van der Waals surface area contributed by atoms with E-state index >= 15 is 0 Å². The van der Waals surface area contributed by atoms with Crippen LogP contribution in [0.1, 0.15) is 19.4 Å². The van der Waals surface area contributed by atoms with Crippen LogP contribution in [-0.4, -0.2) is 29.5 Å². The largest absolute Gasteiger partial charge is 0.508 e. The highest BCUT2D eigenvalue weighted by Gasteiger charge is 2.17. The number of anilines is 1. The molecule has 1 aromatic carbocycles. The fourth-order valence-electron chi connectivity index (χ4n) is 2.72. The molecular formula is C17H20N6O3. The molecule has 2 heterocycles. The molecule has 3 rings (SSSR count). The van der Waals surface area contributed by atoms with Crippen molar-refractivity contribution in [3.8, 4) is 5.75 Å². The van der Waals surface area contributed by atoms with Gasteiger partial charge >= 0.3 is 5.69 Å². The summed E-state index contributed by atoms with van der Waals surface area (Å²) in [5, 5.41) is 13.6. The number of phenols is 1.